The molecule has 0 aliphatic heterocycles. The zero-order valence-corrected chi connectivity index (χ0v) is 4.32. The second-order valence-corrected chi connectivity index (χ2v) is 1.73. The van der Waals surface area contributed by atoms with E-state index in [1.54, 1.807) is 0 Å². The summed E-state index contributed by atoms with van der Waals surface area (Å²) in [4.78, 5) is 0. The Morgan fingerprint density at radius 2 is 1.38 bits per heavy atom. The molecule has 0 radical (unpaired) electrons. The minimum atomic E-state index is -0.230. The summed E-state index contributed by atoms with van der Waals surface area (Å²) in [6, 6.07) is 0. The van der Waals surface area contributed by atoms with E-state index in [0.29, 0.717) is 0 Å². The SMILES string of the molecule is FC1=CC=C(F)CC1. The maximum Gasteiger partial charge on any atom is 0.100 e. The van der Waals surface area contributed by atoms with Crippen molar-refractivity contribution in [3.63, 3.8) is 0 Å². The Kier molecular flexibility index (Phi) is 1.42. The van der Waals surface area contributed by atoms with Gasteiger partial charge in [0.05, 0.1) is 0 Å². The quantitative estimate of drug-likeness (QED) is 0.456. The van der Waals surface area contributed by atoms with E-state index >= 15 is 0 Å². The summed E-state index contributed by atoms with van der Waals surface area (Å²) in [6.45, 7) is 0. The topological polar surface area (TPSA) is 0 Å². The Labute approximate surface area is 46.5 Å². The van der Waals surface area contributed by atoms with E-state index in [1.807, 2.05) is 0 Å². The lowest BCUT2D eigenvalue weighted by Crippen LogP contribution is -1.83. The van der Waals surface area contributed by atoms with Crippen LogP contribution in [0.4, 0.5) is 8.78 Å². The van der Waals surface area contributed by atoms with Crippen LogP contribution >= 0.6 is 0 Å². The molecule has 0 fully saturated rings. The third kappa shape index (κ3) is 1.15. The lowest BCUT2D eigenvalue weighted by molar-refractivity contribution is 0.525. The van der Waals surface area contributed by atoms with Crippen molar-refractivity contribution >= 4 is 0 Å². The molecule has 2 heteroatoms. The van der Waals surface area contributed by atoms with Crippen molar-refractivity contribution in [1.29, 1.82) is 0 Å². The lowest BCUT2D eigenvalue weighted by atomic mass is 10.2. The highest BCUT2D eigenvalue weighted by molar-refractivity contribution is 5.15. The third-order valence-electron chi connectivity index (χ3n) is 1.05. The van der Waals surface area contributed by atoms with Crippen molar-refractivity contribution < 1.29 is 8.78 Å². The molecule has 0 aromatic rings. The van der Waals surface area contributed by atoms with Crippen LogP contribution in [-0.2, 0) is 0 Å². The summed E-state index contributed by atoms with van der Waals surface area (Å²) in [6.07, 6.45) is 2.78. The van der Waals surface area contributed by atoms with E-state index in [9.17, 15) is 8.78 Å². The number of halogens is 2. The molecule has 0 aromatic carbocycles. The molecule has 0 nitrogen and oxygen atoms in total. The molecule has 1 rings (SSSR count). The van der Waals surface area contributed by atoms with Gasteiger partial charge in [0.25, 0.3) is 0 Å². The third-order valence-corrected chi connectivity index (χ3v) is 1.05. The smallest absolute Gasteiger partial charge is 0.100 e. The fraction of sp³-hybridized carbons (Fsp3) is 0.333. The van der Waals surface area contributed by atoms with Crippen LogP contribution in [0.2, 0.25) is 0 Å². The van der Waals surface area contributed by atoms with Gasteiger partial charge in [-0.05, 0) is 12.2 Å². The van der Waals surface area contributed by atoms with Crippen molar-refractivity contribution in [1.82, 2.24) is 0 Å². The number of rotatable bonds is 0. The Bertz CT molecular complexity index is 127. The van der Waals surface area contributed by atoms with Crippen LogP contribution in [0.25, 0.3) is 0 Å². The molecule has 1 aliphatic carbocycles. The molecule has 0 atom stereocenters. The molecule has 0 amide bonds. The van der Waals surface area contributed by atoms with Gasteiger partial charge >= 0.3 is 0 Å². The highest BCUT2D eigenvalue weighted by Gasteiger charge is 2.02. The molecule has 0 saturated heterocycles. The summed E-state index contributed by atoms with van der Waals surface area (Å²) in [7, 11) is 0. The molecular weight excluding hydrogens is 110 g/mol. The molecule has 0 heterocycles. The molecular formula is C6H6F2. The Morgan fingerprint density at radius 3 is 1.62 bits per heavy atom. The van der Waals surface area contributed by atoms with E-state index in [-0.39, 0.29) is 24.5 Å². The first-order valence-corrected chi connectivity index (χ1v) is 2.50. The van der Waals surface area contributed by atoms with Gasteiger partial charge in [-0.2, -0.15) is 0 Å². The largest absolute Gasteiger partial charge is 0.212 e. The first kappa shape index (κ1) is 5.48. The Balaban J connectivity index is 2.65. The van der Waals surface area contributed by atoms with Gasteiger partial charge < -0.3 is 0 Å². The van der Waals surface area contributed by atoms with Gasteiger partial charge in [0.15, 0.2) is 0 Å². The van der Waals surface area contributed by atoms with Crippen LogP contribution in [0.5, 0.6) is 0 Å². The van der Waals surface area contributed by atoms with E-state index in [4.69, 9.17) is 0 Å². The average Bonchev–Trinajstić information content (AvgIpc) is 1.77. The minimum Gasteiger partial charge on any atom is -0.212 e. The van der Waals surface area contributed by atoms with Crippen molar-refractivity contribution in [3.05, 3.63) is 23.8 Å². The molecule has 1 aliphatic rings. The van der Waals surface area contributed by atoms with Gasteiger partial charge in [0.1, 0.15) is 11.7 Å². The van der Waals surface area contributed by atoms with E-state index in [0.717, 1.165) is 0 Å². The van der Waals surface area contributed by atoms with Gasteiger partial charge in [0.2, 0.25) is 0 Å². The predicted molar refractivity (Wildman–Crippen MR) is 27.6 cm³/mol. The highest BCUT2D eigenvalue weighted by Crippen LogP contribution is 2.18. The normalized spacial score (nSPS) is 19.8. The number of allylic oxidation sites excluding steroid dienone is 4. The van der Waals surface area contributed by atoms with Crippen LogP contribution in [0.15, 0.2) is 23.8 Å². The van der Waals surface area contributed by atoms with E-state index in [1.165, 1.54) is 12.2 Å². The first-order chi connectivity index (χ1) is 3.79. The predicted octanol–water partition coefficient (Wildman–Crippen LogP) is 2.49. The standard InChI is InChI=1S/C6H6F2/c7-5-1-2-6(8)4-3-5/h1-2H,3-4H2. The summed E-state index contributed by atoms with van der Waals surface area (Å²) in [5.74, 6) is -0.460. The number of hydrogen-bond donors (Lipinski definition) is 0. The maximum absolute atomic E-state index is 12.0. The second-order valence-electron chi connectivity index (χ2n) is 1.73. The van der Waals surface area contributed by atoms with Crippen LogP contribution < -0.4 is 0 Å². The highest BCUT2D eigenvalue weighted by atomic mass is 19.1. The van der Waals surface area contributed by atoms with Crippen LogP contribution in [0.3, 0.4) is 0 Å². The second kappa shape index (κ2) is 2.07. The molecule has 0 aromatic heterocycles. The summed E-state index contributed by atoms with van der Waals surface area (Å²) < 4.78 is 24.0. The molecule has 8 heavy (non-hydrogen) atoms. The molecule has 44 valence electrons. The van der Waals surface area contributed by atoms with Crippen molar-refractivity contribution in [2.24, 2.45) is 0 Å². The molecule has 0 N–H and O–H groups in total. The van der Waals surface area contributed by atoms with Crippen LogP contribution in [-0.4, -0.2) is 0 Å². The van der Waals surface area contributed by atoms with Gasteiger partial charge in [0, 0.05) is 12.8 Å². The van der Waals surface area contributed by atoms with Gasteiger partial charge in [-0.15, -0.1) is 0 Å². The van der Waals surface area contributed by atoms with Gasteiger partial charge in [-0.25, -0.2) is 8.78 Å². The van der Waals surface area contributed by atoms with Crippen LogP contribution in [0.1, 0.15) is 12.8 Å². The Hall–Kier alpha value is -0.660. The number of hydrogen-bond acceptors (Lipinski definition) is 0. The Morgan fingerprint density at radius 1 is 1.00 bits per heavy atom. The van der Waals surface area contributed by atoms with Crippen molar-refractivity contribution in [3.8, 4) is 0 Å². The van der Waals surface area contributed by atoms with Gasteiger partial charge in [-0.1, -0.05) is 0 Å². The zero-order valence-electron chi connectivity index (χ0n) is 4.32. The van der Waals surface area contributed by atoms with E-state index < -0.39 is 0 Å². The van der Waals surface area contributed by atoms with E-state index in [2.05, 4.69) is 0 Å². The summed E-state index contributed by atoms with van der Waals surface area (Å²) in [5, 5.41) is 0. The zero-order chi connectivity index (χ0) is 5.98. The summed E-state index contributed by atoms with van der Waals surface area (Å²) >= 11 is 0. The first-order valence-electron chi connectivity index (χ1n) is 2.50. The van der Waals surface area contributed by atoms with Crippen molar-refractivity contribution in [2.45, 2.75) is 12.8 Å². The maximum atomic E-state index is 12.0. The van der Waals surface area contributed by atoms with Crippen LogP contribution in [0, 0.1) is 0 Å². The average molecular weight is 116 g/mol. The molecule has 0 unspecified atom stereocenters. The fourth-order valence-corrected chi connectivity index (χ4v) is 0.586. The fourth-order valence-electron chi connectivity index (χ4n) is 0.586. The lowest BCUT2D eigenvalue weighted by Gasteiger charge is -1.99. The molecule has 0 bridgehead atoms. The minimum absolute atomic E-state index is 0.225. The summed E-state index contributed by atoms with van der Waals surface area (Å²) in [5.41, 5.74) is 0. The monoisotopic (exact) mass is 116 g/mol. The molecule has 0 saturated carbocycles. The molecule has 0 spiro atoms. The van der Waals surface area contributed by atoms with Gasteiger partial charge in [-0.3, -0.25) is 0 Å². The van der Waals surface area contributed by atoms with Crippen molar-refractivity contribution in [2.75, 3.05) is 0 Å².